The zero-order chi connectivity index (χ0) is 18.1. The summed E-state index contributed by atoms with van der Waals surface area (Å²) in [6, 6.07) is 7.59. The Labute approximate surface area is 157 Å². The molecule has 0 radical (unpaired) electrons. The molecule has 0 atom stereocenters. The smallest absolute Gasteiger partial charge is 0.254 e. The van der Waals surface area contributed by atoms with Crippen LogP contribution in [0.1, 0.15) is 26.6 Å². The first kappa shape index (κ1) is 17.2. The molecule has 2 aliphatic heterocycles. The van der Waals surface area contributed by atoms with Crippen LogP contribution in [0, 0.1) is 6.92 Å². The van der Waals surface area contributed by atoms with E-state index in [1.165, 1.54) is 0 Å². The lowest BCUT2D eigenvalue weighted by molar-refractivity contribution is -0.133. The number of hydrogen-bond donors (Lipinski definition) is 0. The van der Waals surface area contributed by atoms with E-state index in [0.717, 1.165) is 41.5 Å². The third-order valence-corrected chi connectivity index (χ3v) is 5.82. The third-order valence-electron chi connectivity index (χ3n) is 5.00. The molecule has 6 nitrogen and oxygen atoms in total. The number of carbonyl (C=O) groups is 2. The van der Waals surface area contributed by atoms with Gasteiger partial charge >= 0.3 is 0 Å². The Morgan fingerprint density at radius 3 is 2.65 bits per heavy atom. The molecular weight excluding hydrogens is 348 g/mol. The van der Waals surface area contributed by atoms with E-state index in [-0.39, 0.29) is 18.4 Å². The van der Waals surface area contributed by atoms with E-state index >= 15 is 0 Å². The molecule has 2 aromatic rings. The fourth-order valence-corrected chi connectivity index (χ4v) is 4.17. The number of piperazine rings is 1. The number of hydrogen-bond acceptors (Lipinski definition) is 5. The number of amides is 2. The van der Waals surface area contributed by atoms with Gasteiger partial charge in [0.05, 0.1) is 10.7 Å². The summed E-state index contributed by atoms with van der Waals surface area (Å²) in [5, 5.41) is 3.19. The minimum absolute atomic E-state index is 0.0357. The number of fused-ring (bicyclic) bond motifs is 1. The standard InChI is InChI=1S/C19H22N4O2S/c1-14-20-16(13-26-14)11-21-6-8-22(9-7-21)18(24)12-23-10-15-4-2-3-5-17(15)19(23)25/h2-5,13H,6-12H2,1H3. The molecule has 0 saturated carbocycles. The zero-order valence-electron chi connectivity index (χ0n) is 14.9. The summed E-state index contributed by atoms with van der Waals surface area (Å²) in [5.74, 6) is 0.00166. The van der Waals surface area contributed by atoms with Crippen molar-refractivity contribution < 1.29 is 9.59 Å². The average Bonchev–Trinajstić information content (AvgIpc) is 3.19. The Bertz CT molecular complexity index is 826. The summed E-state index contributed by atoms with van der Waals surface area (Å²) >= 11 is 1.67. The van der Waals surface area contributed by atoms with Gasteiger partial charge in [-0.05, 0) is 18.6 Å². The van der Waals surface area contributed by atoms with Gasteiger partial charge in [-0.2, -0.15) is 0 Å². The molecule has 1 aromatic carbocycles. The second-order valence-corrected chi connectivity index (χ2v) is 7.90. The Morgan fingerprint density at radius 1 is 1.19 bits per heavy atom. The fourth-order valence-electron chi connectivity index (χ4n) is 3.57. The normalized spacial score (nSPS) is 17.7. The summed E-state index contributed by atoms with van der Waals surface area (Å²) in [4.78, 5) is 35.4. The molecule has 136 valence electrons. The largest absolute Gasteiger partial charge is 0.339 e. The maximum atomic E-state index is 12.6. The van der Waals surface area contributed by atoms with Gasteiger partial charge in [-0.15, -0.1) is 11.3 Å². The van der Waals surface area contributed by atoms with Crippen molar-refractivity contribution in [3.05, 3.63) is 51.5 Å². The summed E-state index contributed by atoms with van der Waals surface area (Å²) in [7, 11) is 0. The number of aryl methyl sites for hydroxylation is 1. The molecule has 1 saturated heterocycles. The van der Waals surface area contributed by atoms with Gasteiger partial charge in [0.15, 0.2) is 0 Å². The molecule has 0 aliphatic carbocycles. The average molecular weight is 370 g/mol. The molecule has 7 heteroatoms. The van der Waals surface area contributed by atoms with E-state index in [2.05, 4.69) is 15.3 Å². The van der Waals surface area contributed by atoms with E-state index < -0.39 is 0 Å². The highest BCUT2D eigenvalue weighted by Crippen LogP contribution is 2.22. The topological polar surface area (TPSA) is 56.8 Å². The van der Waals surface area contributed by atoms with Crippen molar-refractivity contribution in [2.45, 2.75) is 20.0 Å². The van der Waals surface area contributed by atoms with Crippen molar-refractivity contribution in [2.24, 2.45) is 0 Å². The van der Waals surface area contributed by atoms with Gasteiger partial charge in [-0.1, -0.05) is 18.2 Å². The molecule has 0 spiro atoms. The second-order valence-electron chi connectivity index (χ2n) is 6.83. The SMILES string of the molecule is Cc1nc(CN2CCN(C(=O)CN3Cc4ccccc4C3=O)CC2)cs1. The van der Waals surface area contributed by atoms with Crippen molar-refractivity contribution in [1.82, 2.24) is 19.7 Å². The third kappa shape index (κ3) is 3.50. The van der Waals surface area contributed by atoms with Crippen molar-refractivity contribution in [3.63, 3.8) is 0 Å². The molecule has 4 rings (SSSR count). The highest BCUT2D eigenvalue weighted by molar-refractivity contribution is 7.09. The molecule has 0 N–H and O–H groups in total. The first-order valence-electron chi connectivity index (χ1n) is 8.88. The van der Waals surface area contributed by atoms with Gasteiger partial charge in [0.25, 0.3) is 5.91 Å². The van der Waals surface area contributed by atoms with Gasteiger partial charge in [-0.3, -0.25) is 14.5 Å². The Kier molecular flexibility index (Phi) is 4.74. The highest BCUT2D eigenvalue weighted by Gasteiger charge is 2.30. The van der Waals surface area contributed by atoms with Crippen LogP contribution in [0.5, 0.6) is 0 Å². The molecule has 2 aliphatic rings. The van der Waals surface area contributed by atoms with Gasteiger partial charge in [-0.25, -0.2) is 4.98 Å². The van der Waals surface area contributed by atoms with Crippen LogP contribution in [0.4, 0.5) is 0 Å². The van der Waals surface area contributed by atoms with Crippen molar-refractivity contribution in [2.75, 3.05) is 32.7 Å². The van der Waals surface area contributed by atoms with Crippen molar-refractivity contribution in [1.29, 1.82) is 0 Å². The van der Waals surface area contributed by atoms with Crippen LogP contribution in [0.3, 0.4) is 0 Å². The number of thiazole rings is 1. The molecule has 1 aromatic heterocycles. The van der Waals surface area contributed by atoms with Gasteiger partial charge in [0.2, 0.25) is 5.91 Å². The summed E-state index contributed by atoms with van der Waals surface area (Å²) in [5.41, 5.74) is 2.84. The predicted octanol–water partition coefficient (Wildman–Crippen LogP) is 1.75. The lowest BCUT2D eigenvalue weighted by Crippen LogP contribution is -2.50. The molecule has 1 fully saturated rings. The van der Waals surface area contributed by atoms with Crippen LogP contribution in [0.2, 0.25) is 0 Å². The van der Waals surface area contributed by atoms with Crippen LogP contribution in [-0.2, 0) is 17.9 Å². The number of aromatic nitrogens is 1. The Balaban J connectivity index is 1.28. The molecule has 26 heavy (non-hydrogen) atoms. The Morgan fingerprint density at radius 2 is 1.96 bits per heavy atom. The Hall–Kier alpha value is -2.25. The van der Waals surface area contributed by atoms with Crippen LogP contribution >= 0.6 is 11.3 Å². The lowest BCUT2D eigenvalue weighted by Gasteiger charge is -2.35. The number of carbonyl (C=O) groups excluding carboxylic acids is 2. The number of benzene rings is 1. The van der Waals surface area contributed by atoms with Crippen LogP contribution in [0.25, 0.3) is 0 Å². The van der Waals surface area contributed by atoms with Crippen molar-refractivity contribution in [3.8, 4) is 0 Å². The molecule has 0 unspecified atom stereocenters. The number of rotatable bonds is 4. The first-order chi connectivity index (χ1) is 12.6. The van der Waals surface area contributed by atoms with E-state index in [4.69, 9.17) is 0 Å². The van der Waals surface area contributed by atoms with Gasteiger partial charge < -0.3 is 9.80 Å². The minimum atomic E-state index is -0.0357. The van der Waals surface area contributed by atoms with Crippen LogP contribution < -0.4 is 0 Å². The molecule has 3 heterocycles. The quantitative estimate of drug-likeness (QED) is 0.823. The van der Waals surface area contributed by atoms with E-state index in [0.29, 0.717) is 19.6 Å². The second kappa shape index (κ2) is 7.17. The van der Waals surface area contributed by atoms with Crippen molar-refractivity contribution >= 4 is 23.2 Å². The maximum absolute atomic E-state index is 12.6. The minimum Gasteiger partial charge on any atom is -0.339 e. The maximum Gasteiger partial charge on any atom is 0.254 e. The predicted molar refractivity (Wildman–Crippen MR) is 99.9 cm³/mol. The lowest BCUT2D eigenvalue weighted by atomic mass is 10.1. The monoisotopic (exact) mass is 370 g/mol. The van der Waals surface area contributed by atoms with E-state index in [1.807, 2.05) is 36.1 Å². The molecule has 0 bridgehead atoms. The van der Waals surface area contributed by atoms with Gasteiger partial charge in [0, 0.05) is 50.2 Å². The molecular formula is C19H22N4O2S. The first-order valence-corrected chi connectivity index (χ1v) is 9.76. The summed E-state index contributed by atoms with van der Waals surface area (Å²) < 4.78 is 0. The summed E-state index contributed by atoms with van der Waals surface area (Å²) in [6.07, 6.45) is 0. The van der Waals surface area contributed by atoms with Crippen LogP contribution in [-0.4, -0.2) is 64.2 Å². The summed E-state index contributed by atoms with van der Waals surface area (Å²) in [6.45, 7) is 6.65. The number of nitrogens with zero attached hydrogens (tertiary/aromatic N) is 4. The molecule has 2 amide bonds. The highest BCUT2D eigenvalue weighted by atomic mass is 32.1. The van der Waals surface area contributed by atoms with E-state index in [9.17, 15) is 9.59 Å². The zero-order valence-corrected chi connectivity index (χ0v) is 15.7. The fraction of sp³-hybridized carbons (Fsp3) is 0.421. The van der Waals surface area contributed by atoms with E-state index in [1.54, 1.807) is 16.2 Å². The van der Waals surface area contributed by atoms with Crippen LogP contribution in [0.15, 0.2) is 29.6 Å². The van der Waals surface area contributed by atoms with Gasteiger partial charge in [0.1, 0.15) is 6.54 Å².